The topological polar surface area (TPSA) is 63.2 Å². The summed E-state index contributed by atoms with van der Waals surface area (Å²) >= 11 is 5.57. The Morgan fingerprint density at radius 2 is 1.58 bits per heavy atom. The molecule has 2 aromatic rings. The lowest BCUT2D eigenvalue weighted by Crippen LogP contribution is -2.41. The Morgan fingerprint density at radius 3 is 2.17 bits per heavy atom. The Bertz CT molecular complexity index is 748. The van der Waals surface area contributed by atoms with Gasteiger partial charge in [0.05, 0.1) is 4.90 Å². The fourth-order valence-electron chi connectivity index (χ4n) is 2.36. The van der Waals surface area contributed by atoms with E-state index in [1.165, 1.54) is 0 Å². The maximum absolute atomic E-state index is 12.8. The van der Waals surface area contributed by atoms with Gasteiger partial charge in [0.1, 0.15) is 5.37 Å². The first-order valence-electron chi connectivity index (χ1n) is 7.72. The molecule has 6 heteroatoms. The van der Waals surface area contributed by atoms with Crippen LogP contribution in [-0.2, 0) is 21.1 Å². The van der Waals surface area contributed by atoms with Gasteiger partial charge < -0.3 is 5.32 Å². The van der Waals surface area contributed by atoms with Crippen molar-refractivity contribution in [3.8, 4) is 0 Å². The number of aryl methyl sites for hydroxylation is 1. The minimum absolute atomic E-state index is 0.0910. The number of carbonyl (C=O) groups excluding carboxylic acids is 1. The molecule has 1 N–H and O–H groups in total. The van der Waals surface area contributed by atoms with E-state index in [2.05, 4.69) is 5.32 Å². The normalized spacial score (nSPS) is 12.5. The zero-order valence-electron chi connectivity index (χ0n) is 13.2. The van der Waals surface area contributed by atoms with Crippen molar-refractivity contribution in [1.29, 1.82) is 0 Å². The molecular weight excluding hydrogens is 346 g/mol. The maximum atomic E-state index is 12.8. The Balaban J connectivity index is 2.20. The van der Waals surface area contributed by atoms with Gasteiger partial charge in [0.25, 0.3) is 0 Å². The molecule has 0 saturated heterocycles. The number of sulfone groups is 1. The minimum Gasteiger partial charge on any atom is -0.339 e. The van der Waals surface area contributed by atoms with Gasteiger partial charge in [-0.3, -0.25) is 4.79 Å². The first-order valence-corrected chi connectivity index (χ1v) is 9.80. The molecule has 2 rings (SSSR count). The fraction of sp³-hybridized carbons (Fsp3) is 0.278. The largest absolute Gasteiger partial charge is 0.339 e. The molecule has 1 unspecified atom stereocenters. The molecule has 128 valence electrons. The number of benzene rings is 2. The molecule has 0 aliphatic rings. The smallest absolute Gasteiger partial charge is 0.222 e. The lowest BCUT2D eigenvalue weighted by molar-refractivity contribution is -0.120. The zero-order chi connectivity index (χ0) is 17.4. The molecule has 0 fully saturated rings. The van der Waals surface area contributed by atoms with E-state index in [1.54, 1.807) is 30.3 Å². The van der Waals surface area contributed by atoms with Crippen LogP contribution < -0.4 is 5.32 Å². The van der Waals surface area contributed by atoms with Gasteiger partial charge in [-0.2, -0.15) is 0 Å². The molecule has 0 spiro atoms. The summed E-state index contributed by atoms with van der Waals surface area (Å²) in [7, 11) is -3.66. The molecule has 24 heavy (non-hydrogen) atoms. The Hall–Kier alpha value is -1.85. The molecule has 1 amide bonds. The molecule has 0 radical (unpaired) electrons. The van der Waals surface area contributed by atoms with Crippen LogP contribution in [0.4, 0.5) is 0 Å². The average Bonchev–Trinajstić information content (AvgIpc) is 2.60. The molecule has 1 atom stereocenters. The van der Waals surface area contributed by atoms with E-state index in [4.69, 9.17) is 11.6 Å². The Labute approximate surface area is 147 Å². The van der Waals surface area contributed by atoms with Gasteiger partial charge in [0, 0.05) is 12.3 Å². The van der Waals surface area contributed by atoms with Crippen LogP contribution in [0.2, 0.25) is 0 Å². The molecule has 2 aromatic carbocycles. The van der Waals surface area contributed by atoms with Gasteiger partial charge in [0.15, 0.2) is 9.84 Å². The van der Waals surface area contributed by atoms with Crippen LogP contribution in [0, 0.1) is 0 Å². The van der Waals surface area contributed by atoms with Crippen LogP contribution in [0.15, 0.2) is 65.6 Å². The highest BCUT2D eigenvalue weighted by Crippen LogP contribution is 2.18. The van der Waals surface area contributed by atoms with Crippen LogP contribution in [0.1, 0.15) is 18.4 Å². The predicted molar refractivity (Wildman–Crippen MR) is 95.7 cm³/mol. The van der Waals surface area contributed by atoms with Gasteiger partial charge in [-0.25, -0.2) is 8.42 Å². The summed E-state index contributed by atoms with van der Waals surface area (Å²) in [6.07, 6.45) is 0.946. The van der Waals surface area contributed by atoms with E-state index >= 15 is 0 Å². The average molecular weight is 366 g/mol. The molecule has 0 saturated carbocycles. The van der Waals surface area contributed by atoms with Crippen LogP contribution in [-0.4, -0.2) is 25.6 Å². The molecular formula is C18H20ClNO3S. The third kappa shape index (κ3) is 5.08. The highest BCUT2D eigenvalue weighted by atomic mass is 35.5. The summed E-state index contributed by atoms with van der Waals surface area (Å²) in [6, 6.07) is 17.8. The summed E-state index contributed by atoms with van der Waals surface area (Å²) in [4.78, 5) is 12.1. The predicted octanol–water partition coefficient (Wildman–Crippen LogP) is 3.16. The summed E-state index contributed by atoms with van der Waals surface area (Å²) < 4.78 is 25.7. The molecule has 0 bridgehead atoms. The minimum atomic E-state index is -3.66. The van der Waals surface area contributed by atoms with Crippen LogP contribution in [0.3, 0.4) is 0 Å². The first kappa shape index (κ1) is 18.5. The Kier molecular flexibility index (Phi) is 6.82. The van der Waals surface area contributed by atoms with Crippen molar-refractivity contribution in [1.82, 2.24) is 5.32 Å². The third-order valence-electron chi connectivity index (χ3n) is 3.63. The molecule has 0 aliphatic carbocycles. The summed E-state index contributed by atoms with van der Waals surface area (Å²) in [6.45, 7) is 0. The van der Waals surface area contributed by atoms with E-state index in [1.807, 2.05) is 30.3 Å². The number of amides is 1. The summed E-state index contributed by atoms with van der Waals surface area (Å²) in [5, 5.41) is 1.64. The number of carbonyl (C=O) groups is 1. The number of nitrogens with one attached hydrogen (secondary N) is 1. The van der Waals surface area contributed by atoms with E-state index in [0.29, 0.717) is 12.8 Å². The zero-order valence-corrected chi connectivity index (χ0v) is 14.8. The number of hydrogen-bond donors (Lipinski definition) is 1. The second-order valence-corrected chi connectivity index (χ2v) is 7.89. The molecule has 0 aromatic heterocycles. The SMILES string of the molecule is O=C(CCCl)NC(CCc1ccccc1)S(=O)(=O)c1ccccc1. The second kappa shape index (κ2) is 8.85. The van der Waals surface area contributed by atoms with Crippen LogP contribution in [0.5, 0.6) is 0 Å². The van der Waals surface area contributed by atoms with Crippen molar-refractivity contribution in [2.24, 2.45) is 0 Å². The van der Waals surface area contributed by atoms with E-state index < -0.39 is 15.2 Å². The lowest BCUT2D eigenvalue weighted by atomic mass is 10.1. The fourth-order valence-corrected chi connectivity index (χ4v) is 4.11. The van der Waals surface area contributed by atoms with Crippen molar-refractivity contribution in [3.63, 3.8) is 0 Å². The quantitative estimate of drug-likeness (QED) is 0.731. The van der Waals surface area contributed by atoms with Gasteiger partial charge >= 0.3 is 0 Å². The molecule has 0 aliphatic heterocycles. The Morgan fingerprint density at radius 1 is 1.00 bits per heavy atom. The third-order valence-corrected chi connectivity index (χ3v) is 5.85. The number of hydrogen-bond acceptors (Lipinski definition) is 3. The number of rotatable bonds is 8. The van der Waals surface area contributed by atoms with Crippen molar-refractivity contribution < 1.29 is 13.2 Å². The van der Waals surface area contributed by atoms with Crippen molar-refractivity contribution in [2.75, 3.05) is 5.88 Å². The van der Waals surface area contributed by atoms with E-state index in [0.717, 1.165) is 5.56 Å². The van der Waals surface area contributed by atoms with Crippen LogP contribution in [0.25, 0.3) is 0 Å². The molecule has 4 nitrogen and oxygen atoms in total. The lowest BCUT2D eigenvalue weighted by Gasteiger charge is -2.19. The van der Waals surface area contributed by atoms with Gasteiger partial charge in [0.2, 0.25) is 5.91 Å². The molecule has 0 heterocycles. The standard InChI is InChI=1S/C18H20ClNO3S/c19-14-13-17(21)20-18(12-11-15-7-3-1-4-8-15)24(22,23)16-9-5-2-6-10-16/h1-10,18H,11-14H2,(H,20,21). The van der Waals surface area contributed by atoms with Gasteiger partial charge in [-0.05, 0) is 30.5 Å². The van der Waals surface area contributed by atoms with Gasteiger partial charge in [-0.1, -0.05) is 48.5 Å². The highest BCUT2D eigenvalue weighted by Gasteiger charge is 2.28. The summed E-state index contributed by atoms with van der Waals surface area (Å²) in [5.41, 5.74) is 1.03. The van der Waals surface area contributed by atoms with E-state index in [-0.39, 0.29) is 23.1 Å². The highest BCUT2D eigenvalue weighted by molar-refractivity contribution is 7.92. The van der Waals surface area contributed by atoms with Crippen molar-refractivity contribution in [2.45, 2.75) is 29.5 Å². The van der Waals surface area contributed by atoms with Crippen molar-refractivity contribution in [3.05, 3.63) is 66.2 Å². The number of halogens is 1. The van der Waals surface area contributed by atoms with Gasteiger partial charge in [-0.15, -0.1) is 11.6 Å². The van der Waals surface area contributed by atoms with Crippen molar-refractivity contribution >= 4 is 27.3 Å². The second-order valence-electron chi connectivity index (χ2n) is 5.38. The monoisotopic (exact) mass is 365 g/mol. The number of alkyl halides is 1. The maximum Gasteiger partial charge on any atom is 0.222 e. The first-order chi connectivity index (χ1) is 11.5. The van der Waals surface area contributed by atoms with Crippen LogP contribution >= 0.6 is 11.6 Å². The summed E-state index contributed by atoms with van der Waals surface area (Å²) in [5.74, 6) is -0.203. The van der Waals surface area contributed by atoms with E-state index in [9.17, 15) is 13.2 Å².